The van der Waals surface area contributed by atoms with E-state index in [1.807, 2.05) is 0 Å². The van der Waals surface area contributed by atoms with E-state index in [1.54, 1.807) is 38.1 Å². The number of fused-ring (bicyclic) bond motifs is 2. The first-order chi connectivity index (χ1) is 28.0. The third kappa shape index (κ3) is 11.4. The van der Waals surface area contributed by atoms with Crippen LogP contribution in [0.3, 0.4) is 0 Å². The fraction of sp³-hybridized carbons (Fsp3) is 0.154. The van der Waals surface area contributed by atoms with Crippen LogP contribution in [0.1, 0.15) is 40.6 Å². The van der Waals surface area contributed by atoms with Crippen LogP contribution in [-0.2, 0) is 9.53 Å². The van der Waals surface area contributed by atoms with Crippen LogP contribution < -0.4 is 49.5 Å². The number of amides is 1. The summed E-state index contributed by atoms with van der Waals surface area (Å²) >= 11 is 0. The van der Waals surface area contributed by atoms with Crippen molar-refractivity contribution in [1.82, 2.24) is 15.3 Å². The molecule has 0 bridgehead atoms. The number of nitrogens with zero attached hydrogens (tertiary/aromatic N) is 2. The molecule has 6 rings (SSSR count). The summed E-state index contributed by atoms with van der Waals surface area (Å²) in [6, 6.07) is 14.1. The van der Waals surface area contributed by atoms with Crippen LogP contribution in [0, 0.1) is 13.8 Å². The van der Waals surface area contributed by atoms with Gasteiger partial charge in [-0.3, -0.25) is 9.59 Å². The summed E-state index contributed by atoms with van der Waals surface area (Å²) in [6.07, 6.45) is 0. The van der Waals surface area contributed by atoms with Gasteiger partial charge in [-0.05, 0) is 74.4 Å². The number of carboxylic acid groups (broad SMARTS) is 1. The molecule has 2 heterocycles. The van der Waals surface area contributed by atoms with Gasteiger partial charge in [0.2, 0.25) is 0 Å². The zero-order valence-electron chi connectivity index (χ0n) is 36.0. The number of hydrogen-bond acceptors (Lipinski definition) is 12. The van der Waals surface area contributed by atoms with E-state index in [0.717, 1.165) is 14.2 Å². The number of benzene rings is 4. The first-order valence-electron chi connectivity index (χ1n) is 18.2. The largest absolute Gasteiger partial charge is 1.00 e. The molecule has 0 fully saturated rings. The number of carbonyl (C=O) groups excluding carboxylic acids is 2. The second-order valence-corrected chi connectivity index (χ2v) is 10.1. The first kappa shape index (κ1) is 35.3. The molecule has 0 spiro atoms. The summed E-state index contributed by atoms with van der Waals surface area (Å²) in [5.41, 5.74) is 0.418. The molecule has 2 aromatic heterocycles. The van der Waals surface area contributed by atoms with Gasteiger partial charge >= 0.3 is 41.5 Å². The molecular formula is C39H38N3NaO11. The van der Waals surface area contributed by atoms with E-state index in [4.69, 9.17) is 33.0 Å². The van der Waals surface area contributed by atoms with Crippen LogP contribution in [0.15, 0.2) is 96.9 Å². The van der Waals surface area contributed by atoms with Crippen LogP contribution in [-0.4, -0.2) is 76.1 Å². The standard InChI is InChI=1S/C19H16N2O5.C18H15NO4.CH4O.CH3O.Na/c1-11-15-9-13(26-12-5-3-2-4-6-12)7-8-14(15)18(24)17(21-11)19(25)20-10-16(22)23;1-11-15-10-13(23-12-6-4-3-5-7-12)8-9-14(15)17(20)16(19-11)18(21)22-2;2*1-2;/h2-9,24H,10H2,1H3,(H,20,25)(H,22,23);3-10,20H,1-2H3;2H,1H3;1H3;/q;;;-1;+1/i2D,5D,6D;3D,6D,7D;;;. The Hall–Kier alpha value is -5.77. The number of para-hydroxylation sites is 2. The number of aliphatic carboxylic acids is 1. The van der Waals surface area contributed by atoms with Crippen molar-refractivity contribution in [3.05, 3.63) is 120 Å². The van der Waals surface area contributed by atoms with Crippen molar-refractivity contribution in [1.29, 1.82) is 0 Å². The van der Waals surface area contributed by atoms with Crippen LogP contribution in [0.4, 0.5) is 0 Å². The molecule has 0 radical (unpaired) electrons. The third-order valence-corrected chi connectivity index (χ3v) is 6.86. The molecule has 14 nitrogen and oxygen atoms in total. The number of aromatic hydroxyl groups is 2. The number of rotatable bonds is 8. The molecular weight excluding hydrogens is 709 g/mol. The SMILES string of the molecule is CO.C[O-].[2H]c1cc([2H])c(Oc2ccc3c(O)c(C(=O)NCC(=O)O)nc(C)c3c2)c([2H])c1.[2H]c1cc([2H])c(Oc2ccc3c(O)c(C(=O)OC)nc(C)c3c2)c([2H])c1.[Na+]. The van der Waals surface area contributed by atoms with E-state index in [-0.39, 0.29) is 100 Å². The van der Waals surface area contributed by atoms with Gasteiger partial charge in [-0.25, -0.2) is 14.8 Å². The number of hydrogen-bond donors (Lipinski definition) is 5. The fourth-order valence-corrected chi connectivity index (χ4v) is 4.59. The fourth-order valence-electron chi connectivity index (χ4n) is 4.59. The Kier molecular flexibility index (Phi) is 14.2. The van der Waals surface area contributed by atoms with Gasteiger partial charge in [0.15, 0.2) is 22.9 Å². The minimum atomic E-state index is -1.22. The van der Waals surface area contributed by atoms with E-state index in [0.29, 0.717) is 38.7 Å². The molecule has 0 unspecified atom stereocenters. The van der Waals surface area contributed by atoms with Gasteiger partial charge in [-0.1, -0.05) is 36.4 Å². The number of pyridine rings is 2. The molecule has 54 heavy (non-hydrogen) atoms. The molecule has 0 aliphatic carbocycles. The van der Waals surface area contributed by atoms with Gasteiger partial charge in [-0.15, -0.1) is 0 Å². The number of esters is 1. The third-order valence-electron chi connectivity index (χ3n) is 6.86. The minimum Gasteiger partial charge on any atom is -0.857 e. The molecule has 5 N–H and O–H groups in total. The Labute approximate surface area is 341 Å². The quantitative estimate of drug-likeness (QED) is 0.111. The normalized spacial score (nSPS) is 11.3. The zero-order chi connectivity index (χ0) is 44.3. The molecule has 0 atom stereocenters. The predicted molar refractivity (Wildman–Crippen MR) is 195 cm³/mol. The predicted octanol–water partition coefficient (Wildman–Crippen LogP) is 2.27. The van der Waals surface area contributed by atoms with Crippen LogP contribution in [0.2, 0.25) is 0 Å². The summed E-state index contributed by atoms with van der Waals surface area (Å²) in [5.74, 6) is -2.83. The Morgan fingerprint density at radius 2 is 1.13 bits per heavy atom. The number of ether oxygens (including phenoxy) is 3. The van der Waals surface area contributed by atoms with Crippen molar-refractivity contribution in [3.63, 3.8) is 0 Å². The molecule has 15 heteroatoms. The Morgan fingerprint density at radius 3 is 1.54 bits per heavy atom. The summed E-state index contributed by atoms with van der Waals surface area (Å²) in [7, 11) is 2.96. The van der Waals surface area contributed by atoms with E-state index < -0.39 is 30.1 Å². The van der Waals surface area contributed by atoms with Gasteiger partial charge in [0.05, 0.1) is 15.3 Å². The first-order valence-corrected chi connectivity index (χ1v) is 15.2. The number of carboxylic acids is 1. The smallest absolute Gasteiger partial charge is 0.857 e. The molecule has 6 aromatic rings. The number of aliphatic hydroxyl groups is 1. The van der Waals surface area contributed by atoms with Crippen molar-refractivity contribution in [2.75, 3.05) is 27.9 Å². The average molecular weight is 754 g/mol. The van der Waals surface area contributed by atoms with E-state index in [1.165, 1.54) is 43.5 Å². The van der Waals surface area contributed by atoms with Crippen LogP contribution in [0.25, 0.3) is 21.5 Å². The Bertz CT molecular complexity index is 2500. The molecule has 0 saturated heterocycles. The maximum absolute atomic E-state index is 12.1. The summed E-state index contributed by atoms with van der Waals surface area (Å²) in [5, 5.41) is 48.5. The van der Waals surface area contributed by atoms with Gasteiger partial charge in [0, 0.05) is 40.0 Å². The summed E-state index contributed by atoms with van der Waals surface area (Å²) in [6.45, 7) is 2.69. The number of methoxy groups -OCH3 is 1. The van der Waals surface area contributed by atoms with Crippen LogP contribution in [0.5, 0.6) is 34.5 Å². The van der Waals surface area contributed by atoms with Gasteiger partial charge in [0.25, 0.3) is 5.91 Å². The second-order valence-electron chi connectivity index (χ2n) is 10.1. The number of nitrogens with one attached hydrogen (secondary N) is 1. The maximum atomic E-state index is 12.1. The van der Waals surface area contributed by atoms with E-state index in [9.17, 15) is 24.6 Å². The van der Waals surface area contributed by atoms with Crippen molar-refractivity contribution in [2.24, 2.45) is 0 Å². The molecule has 276 valence electrons. The number of carbonyl (C=O) groups is 3. The topological polar surface area (TPSA) is 221 Å². The monoisotopic (exact) mass is 753 g/mol. The maximum Gasteiger partial charge on any atom is 1.00 e. The van der Waals surface area contributed by atoms with Crippen LogP contribution >= 0.6 is 0 Å². The molecule has 0 aliphatic heterocycles. The van der Waals surface area contributed by atoms with Gasteiger partial charge < -0.3 is 45.1 Å². The van der Waals surface area contributed by atoms with Gasteiger partial charge in [0.1, 0.15) is 29.5 Å². The van der Waals surface area contributed by atoms with Crippen molar-refractivity contribution < 1.29 is 91.9 Å². The minimum absolute atomic E-state index is 0. The van der Waals surface area contributed by atoms with Crippen molar-refractivity contribution >= 4 is 39.4 Å². The average Bonchev–Trinajstić information content (AvgIpc) is 3.20. The Morgan fingerprint density at radius 1 is 0.722 bits per heavy atom. The molecule has 0 saturated carbocycles. The molecule has 4 aromatic carbocycles. The van der Waals surface area contributed by atoms with E-state index >= 15 is 0 Å². The zero-order valence-corrected chi connectivity index (χ0v) is 32.0. The Balaban J connectivity index is 0.000000378. The molecule has 0 aliphatic rings. The second kappa shape index (κ2) is 21.7. The van der Waals surface area contributed by atoms with E-state index in [2.05, 4.69) is 20.0 Å². The number of aromatic nitrogens is 2. The number of aryl methyl sites for hydroxylation is 2. The molecule has 1 amide bonds. The van der Waals surface area contributed by atoms with Gasteiger partial charge in [-0.2, -0.15) is 7.11 Å². The number of aliphatic hydroxyl groups excluding tert-OH is 1. The summed E-state index contributed by atoms with van der Waals surface area (Å²) in [4.78, 5) is 42.6. The van der Waals surface area contributed by atoms with Crippen molar-refractivity contribution in [3.8, 4) is 34.5 Å². The summed E-state index contributed by atoms with van der Waals surface area (Å²) < 4.78 is 62.4. The van der Waals surface area contributed by atoms with Crippen molar-refractivity contribution in [2.45, 2.75) is 13.8 Å².